The smallest absolute Gasteiger partial charge is 0.186 e. The Labute approximate surface area is 122 Å². The maximum Gasteiger partial charge on any atom is 0.186 e. The summed E-state index contributed by atoms with van der Waals surface area (Å²) in [5.41, 5.74) is 4.04. The first kappa shape index (κ1) is 13.0. The Bertz CT molecular complexity index is 835. The molecule has 0 aliphatic heterocycles. The van der Waals surface area contributed by atoms with Crippen LogP contribution >= 0.6 is 0 Å². The van der Waals surface area contributed by atoms with Gasteiger partial charge in [0.05, 0.1) is 11.2 Å². The average Bonchev–Trinajstić information content (AvgIpc) is 2.53. The van der Waals surface area contributed by atoms with E-state index in [1.54, 1.807) is 6.20 Å². The summed E-state index contributed by atoms with van der Waals surface area (Å²) < 4.78 is 0. The lowest BCUT2D eigenvalue weighted by Gasteiger charge is -2.11. The second-order valence-corrected chi connectivity index (χ2v) is 4.71. The molecule has 0 aliphatic carbocycles. The van der Waals surface area contributed by atoms with Gasteiger partial charge in [-0.3, -0.25) is 4.98 Å². The zero-order valence-corrected chi connectivity index (χ0v) is 11.5. The van der Waals surface area contributed by atoms with Gasteiger partial charge in [0.15, 0.2) is 5.69 Å². The fraction of sp³-hybridized carbons (Fsp3) is 0.125. The summed E-state index contributed by atoms with van der Waals surface area (Å²) in [5, 5.41) is 21.5. The number of nitriles is 1. The molecule has 0 saturated carbocycles. The molecule has 3 aromatic rings. The van der Waals surface area contributed by atoms with E-state index in [4.69, 9.17) is 0 Å². The third-order valence-corrected chi connectivity index (χ3v) is 3.37. The average molecular weight is 275 g/mol. The van der Waals surface area contributed by atoms with E-state index < -0.39 is 0 Å². The molecule has 0 fully saturated rings. The molecule has 0 radical (unpaired) electrons. The van der Waals surface area contributed by atoms with Gasteiger partial charge >= 0.3 is 0 Å². The SMILES string of the molecule is Cc1cnccc1CNc1c(C#N)nnc2ccccc12. The maximum absolute atomic E-state index is 9.23. The first-order chi connectivity index (χ1) is 10.3. The molecule has 3 rings (SSSR count). The highest BCUT2D eigenvalue weighted by Gasteiger charge is 2.10. The molecule has 0 spiro atoms. The molecule has 1 aromatic carbocycles. The number of aryl methyl sites for hydroxylation is 1. The topological polar surface area (TPSA) is 74.5 Å². The van der Waals surface area contributed by atoms with E-state index in [-0.39, 0.29) is 0 Å². The van der Waals surface area contributed by atoms with Gasteiger partial charge in [-0.15, -0.1) is 10.2 Å². The van der Waals surface area contributed by atoms with Crippen LogP contribution < -0.4 is 5.32 Å². The molecular formula is C16H13N5. The van der Waals surface area contributed by atoms with Crippen molar-refractivity contribution in [1.29, 1.82) is 5.26 Å². The highest BCUT2D eigenvalue weighted by atomic mass is 15.1. The summed E-state index contributed by atoms with van der Waals surface area (Å²) in [4.78, 5) is 4.08. The van der Waals surface area contributed by atoms with Crippen molar-refractivity contribution in [2.45, 2.75) is 13.5 Å². The minimum Gasteiger partial charge on any atom is -0.378 e. The normalized spacial score (nSPS) is 10.3. The lowest BCUT2D eigenvalue weighted by atomic mass is 10.1. The second-order valence-electron chi connectivity index (χ2n) is 4.71. The van der Waals surface area contributed by atoms with Gasteiger partial charge in [0, 0.05) is 24.3 Å². The van der Waals surface area contributed by atoms with Gasteiger partial charge in [0.1, 0.15) is 6.07 Å². The van der Waals surface area contributed by atoms with Crippen molar-refractivity contribution in [2.75, 3.05) is 5.32 Å². The van der Waals surface area contributed by atoms with Crippen molar-refractivity contribution in [3.05, 3.63) is 59.5 Å². The number of aromatic nitrogens is 3. The Morgan fingerprint density at radius 1 is 1.19 bits per heavy atom. The molecule has 5 nitrogen and oxygen atoms in total. The van der Waals surface area contributed by atoms with Gasteiger partial charge in [-0.05, 0) is 30.2 Å². The number of nitrogens with zero attached hydrogens (tertiary/aromatic N) is 4. The third-order valence-electron chi connectivity index (χ3n) is 3.37. The molecule has 21 heavy (non-hydrogen) atoms. The van der Waals surface area contributed by atoms with Gasteiger partial charge < -0.3 is 5.32 Å². The number of nitrogens with one attached hydrogen (secondary N) is 1. The molecule has 102 valence electrons. The first-order valence-corrected chi connectivity index (χ1v) is 6.58. The quantitative estimate of drug-likeness (QED) is 0.795. The Morgan fingerprint density at radius 2 is 2.05 bits per heavy atom. The summed E-state index contributed by atoms with van der Waals surface area (Å²) in [7, 11) is 0. The molecule has 0 saturated heterocycles. The van der Waals surface area contributed by atoms with Crippen LogP contribution in [0.15, 0.2) is 42.7 Å². The van der Waals surface area contributed by atoms with E-state index >= 15 is 0 Å². The van der Waals surface area contributed by atoms with Gasteiger partial charge in [-0.1, -0.05) is 18.2 Å². The van der Waals surface area contributed by atoms with Crippen LogP contribution in [0.2, 0.25) is 0 Å². The van der Waals surface area contributed by atoms with Crippen molar-refractivity contribution in [3.8, 4) is 6.07 Å². The third kappa shape index (κ3) is 2.51. The number of hydrogen-bond donors (Lipinski definition) is 1. The summed E-state index contributed by atoms with van der Waals surface area (Å²) in [5.74, 6) is 0. The molecule has 1 N–H and O–H groups in total. The van der Waals surface area contributed by atoms with Gasteiger partial charge in [0.25, 0.3) is 0 Å². The number of hydrogen-bond acceptors (Lipinski definition) is 5. The Hall–Kier alpha value is -3.00. The highest BCUT2D eigenvalue weighted by molar-refractivity contribution is 5.92. The molecule has 2 aromatic heterocycles. The fourth-order valence-corrected chi connectivity index (χ4v) is 2.20. The molecule has 2 heterocycles. The van der Waals surface area contributed by atoms with E-state index in [0.29, 0.717) is 12.2 Å². The molecule has 0 bridgehead atoms. The zero-order valence-electron chi connectivity index (χ0n) is 11.5. The van der Waals surface area contributed by atoms with Crippen LogP contribution in [0, 0.1) is 18.3 Å². The van der Waals surface area contributed by atoms with Crippen molar-refractivity contribution in [2.24, 2.45) is 0 Å². The van der Waals surface area contributed by atoms with Crippen molar-refractivity contribution in [1.82, 2.24) is 15.2 Å². The van der Waals surface area contributed by atoms with Crippen LogP contribution in [0.3, 0.4) is 0 Å². The number of anilines is 1. The van der Waals surface area contributed by atoms with Gasteiger partial charge in [-0.2, -0.15) is 5.26 Å². The lowest BCUT2D eigenvalue weighted by Crippen LogP contribution is -2.06. The minimum atomic E-state index is 0.306. The Kier molecular flexibility index (Phi) is 3.44. The van der Waals surface area contributed by atoms with Crippen LogP contribution in [-0.4, -0.2) is 15.2 Å². The maximum atomic E-state index is 9.23. The molecule has 5 heteroatoms. The van der Waals surface area contributed by atoms with E-state index in [2.05, 4.69) is 26.6 Å². The Balaban J connectivity index is 2.00. The molecule has 0 unspecified atom stereocenters. The van der Waals surface area contributed by atoms with Crippen LogP contribution in [0.5, 0.6) is 0 Å². The fourth-order valence-electron chi connectivity index (χ4n) is 2.20. The van der Waals surface area contributed by atoms with Gasteiger partial charge in [-0.25, -0.2) is 0 Å². The van der Waals surface area contributed by atoms with Crippen LogP contribution in [0.4, 0.5) is 5.69 Å². The van der Waals surface area contributed by atoms with E-state index in [1.807, 2.05) is 43.5 Å². The predicted molar refractivity (Wildman–Crippen MR) is 80.6 cm³/mol. The minimum absolute atomic E-state index is 0.306. The number of rotatable bonds is 3. The van der Waals surface area contributed by atoms with E-state index in [1.165, 1.54) is 0 Å². The Morgan fingerprint density at radius 3 is 2.86 bits per heavy atom. The lowest BCUT2D eigenvalue weighted by molar-refractivity contribution is 1.03. The molecule has 0 aliphatic rings. The number of fused-ring (bicyclic) bond motifs is 1. The summed E-state index contributed by atoms with van der Waals surface area (Å²) >= 11 is 0. The monoisotopic (exact) mass is 275 g/mol. The molecule has 0 atom stereocenters. The number of pyridine rings is 1. The standard InChI is InChI=1S/C16H13N5/c1-11-9-18-7-6-12(11)10-19-16-13-4-2-3-5-14(13)20-21-15(16)8-17/h2-7,9H,10H2,1H3,(H,19,20). The zero-order chi connectivity index (χ0) is 14.7. The summed E-state index contributed by atoms with van der Waals surface area (Å²) in [6.07, 6.45) is 3.59. The number of benzene rings is 1. The van der Waals surface area contributed by atoms with Gasteiger partial charge in [0.2, 0.25) is 0 Å². The van der Waals surface area contributed by atoms with Crippen LogP contribution in [0.25, 0.3) is 10.9 Å². The van der Waals surface area contributed by atoms with E-state index in [0.717, 1.165) is 27.7 Å². The first-order valence-electron chi connectivity index (χ1n) is 6.58. The highest BCUT2D eigenvalue weighted by Crippen LogP contribution is 2.24. The molecular weight excluding hydrogens is 262 g/mol. The molecule has 0 amide bonds. The van der Waals surface area contributed by atoms with Crippen LogP contribution in [-0.2, 0) is 6.54 Å². The summed E-state index contributed by atoms with van der Waals surface area (Å²) in [6.45, 7) is 2.62. The largest absolute Gasteiger partial charge is 0.378 e. The van der Waals surface area contributed by atoms with Crippen LogP contribution in [0.1, 0.15) is 16.8 Å². The van der Waals surface area contributed by atoms with Crippen molar-refractivity contribution >= 4 is 16.6 Å². The van der Waals surface area contributed by atoms with E-state index in [9.17, 15) is 5.26 Å². The summed E-state index contributed by atoms with van der Waals surface area (Å²) in [6, 6.07) is 11.7. The second kappa shape index (κ2) is 5.55. The van der Waals surface area contributed by atoms with Crippen molar-refractivity contribution in [3.63, 3.8) is 0 Å². The van der Waals surface area contributed by atoms with Crippen molar-refractivity contribution < 1.29 is 0 Å². The predicted octanol–water partition coefficient (Wildman–Crippen LogP) is 2.82.